The molecule has 0 aromatic carbocycles. The highest BCUT2D eigenvalue weighted by Gasteiger charge is 2.22. The van der Waals surface area contributed by atoms with E-state index < -0.39 is 0 Å². The van der Waals surface area contributed by atoms with Crippen molar-refractivity contribution in [2.24, 2.45) is 5.92 Å². The molecule has 1 saturated heterocycles. The van der Waals surface area contributed by atoms with Crippen molar-refractivity contribution in [1.82, 2.24) is 15.6 Å². The summed E-state index contributed by atoms with van der Waals surface area (Å²) in [5.41, 5.74) is 1.18. The number of hydrogen-bond acceptors (Lipinski definition) is 4. The first-order valence-corrected chi connectivity index (χ1v) is 6.81. The van der Waals surface area contributed by atoms with Gasteiger partial charge in [-0.15, -0.1) is 0 Å². The zero-order chi connectivity index (χ0) is 13.3. The zero-order valence-electron chi connectivity index (χ0n) is 11.1. The Kier molecular flexibility index (Phi) is 5.78. The third-order valence-corrected chi connectivity index (χ3v) is 3.18. The second kappa shape index (κ2) is 7.86. The van der Waals surface area contributed by atoms with Crippen LogP contribution in [0.4, 0.5) is 0 Å². The van der Waals surface area contributed by atoms with Crippen LogP contribution in [0.5, 0.6) is 0 Å². The number of aromatic nitrogens is 1. The molecule has 0 saturated carbocycles. The van der Waals surface area contributed by atoms with Crippen LogP contribution in [-0.2, 0) is 16.1 Å². The minimum absolute atomic E-state index is 0.0587. The fourth-order valence-corrected chi connectivity index (χ4v) is 2.05. The van der Waals surface area contributed by atoms with Gasteiger partial charge in [-0.05, 0) is 31.0 Å². The summed E-state index contributed by atoms with van der Waals surface area (Å²) in [6.45, 7) is 3.71. The molecule has 19 heavy (non-hydrogen) atoms. The van der Waals surface area contributed by atoms with Gasteiger partial charge in [0, 0.05) is 32.1 Å². The van der Waals surface area contributed by atoms with E-state index in [1.807, 2.05) is 18.3 Å². The summed E-state index contributed by atoms with van der Waals surface area (Å²) in [6.07, 6.45) is 5.41. The van der Waals surface area contributed by atoms with Crippen molar-refractivity contribution < 1.29 is 9.53 Å². The number of nitrogens with one attached hydrogen (secondary N) is 2. The number of rotatable bonds is 7. The molecule has 1 fully saturated rings. The lowest BCUT2D eigenvalue weighted by Gasteiger charge is -2.09. The standard InChI is InChI=1S/C14H21N3O2/c18-14(13-4-8-19-11-13)17-7-2-6-16-10-12-3-1-5-15-9-12/h1,3,5,9,13,16H,2,4,6-8,10-11H2,(H,17,18). The Morgan fingerprint density at radius 2 is 2.42 bits per heavy atom. The Morgan fingerprint density at radius 1 is 1.47 bits per heavy atom. The number of pyridine rings is 1. The lowest BCUT2D eigenvalue weighted by Crippen LogP contribution is -2.32. The summed E-state index contributed by atoms with van der Waals surface area (Å²) in [4.78, 5) is 15.7. The molecule has 0 bridgehead atoms. The van der Waals surface area contributed by atoms with E-state index in [1.54, 1.807) is 6.20 Å². The summed E-state index contributed by atoms with van der Waals surface area (Å²) in [6, 6.07) is 3.97. The normalized spacial score (nSPS) is 18.4. The van der Waals surface area contributed by atoms with Gasteiger partial charge in [0.05, 0.1) is 12.5 Å². The van der Waals surface area contributed by atoms with Crippen LogP contribution in [0, 0.1) is 5.92 Å². The summed E-state index contributed by atoms with van der Waals surface area (Å²) < 4.78 is 5.19. The van der Waals surface area contributed by atoms with Crippen molar-refractivity contribution in [2.45, 2.75) is 19.4 Å². The second-order valence-electron chi connectivity index (χ2n) is 4.74. The molecule has 1 aromatic rings. The van der Waals surface area contributed by atoms with Gasteiger partial charge in [0.25, 0.3) is 0 Å². The van der Waals surface area contributed by atoms with Crippen molar-refractivity contribution >= 4 is 5.91 Å². The second-order valence-corrected chi connectivity index (χ2v) is 4.74. The van der Waals surface area contributed by atoms with Crippen molar-refractivity contribution in [1.29, 1.82) is 0 Å². The summed E-state index contributed by atoms with van der Waals surface area (Å²) in [5, 5.41) is 6.28. The number of carbonyl (C=O) groups is 1. The van der Waals surface area contributed by atoms with Gasteiger partial charge < -0.3 is 15.4 Å². The lowest BCUT2D eigenvalue weighted by atomic mass is 10.1. The largest absolute Gasteiger partial charge is 0.381 e. The van der Waals surface area contributed by atoms with Gasteiger partial charge in [-0.2, -0.15) is 0 Å². The molecule has 2 rings (SSSR count). The highest BCUT2D eigenvalue weighted by atomic mass is 16.5. The first-order chi connectivity index (χ1) is 9.36. The van der Waals surface area contributed by atoms with E-state index in [4.69, 9.17) is 4.74 Å². The zero-order valence-corrected chi connectivity index (χ0v) is 11.1. The molecule has 1 atom stereocenters. The maximum absolute atomic E-state index is 11.7. The van der Waals surface area contributed by atoms with Crippen LogP contribution in [0.1, 0.15) is 18.4 Å². The fourth-order valence-electron chi connectivity index (χ4n) is 2.05. The highest BCUT2D eigenvalue weighted by Crippen LogP contribution is 2.11. The Bertz CT molecular complexity index is 378. The quantitative estimate of drug-likeness (QED) is 0.711. The van der Waals surface area contributed by atoms with Gasteiger partial charge in [-0.3, -0.25) is 9.78 Å². The molecule has 5 heteroatoms. The molecule has 0 spiro atoms. The highest BCUT2D eigenvalue weighted by molar-refractivity contribution is 5.78. The van der Waals surface area contributed by atoms with E-state index in [0.29, 0.717) is 13.2 Å². The fraction of sp³-hybridized carbons (Fsp3) is 0.571. The monoisotopic (exact) mass is 263 g/mol. The molecule has 1 aliphatic rings. The lowest BCUT2D eigenvalue weighted by molar-refractivity contribution is -0.124. The summed E-state index contributed by atoms with van der Waals surface area (Å²) in [5.74, 6) is 0.188. The van der Waals surface area contributed by atoms with Gasteiger partial charge in [0.1, 0.15) is 0 Å². The van der Waals surface area contributed by atoms with Crippen LogP contribution in [0.3, 0.4) is 0 Å². The van der Waals surface area contributed by atoms with E-state index in [9.17, 15) is 4.79 Å². The van der Waals surface area contributed by atoms with Gasteiger partial charge >= 0.3 is 0 Å². The number of nitrogens with zero attached hydrogens (tertiary/aromatic N) is 1. The third kappa shape index (κ3) is 4.96. The smallest absolute Gasteiger partial charge is 0.225 e. The van der Waals surface area contributed by atoms with E-state index >= 15 is 0 Å². The third-order valence-electron chi connectivity index (χ3n) is 3.18. The molecule has 1 unspecified atom stereocenters. The first-order valence-electron chi connectivity index (χ1n) is 6.81. The average molecular weight is 263 g/mol. The molecule has 0 radical (unpaired) electrons. The van der Waals surface area contributed by atoms with Crippen LogP contribution in [0.25, 0.3) is 0 Å². The van der Waals surface area contributed by atoms with Crippen molar-refractivity contribution in [2.75, 3.05) is 26.3 Å². The van der Waals surface area contributed by atoms with E-state index in [0.717, 1.165) is 32.5 Å². The van der Waals surface area contributed by atoms with E-state index in [1.165, 1.54) is 5.56 Å². The molecule has 1 aliphatic heterocycles. The minimum atomic E-state index is 0.0587. The number of ether oxygens (including phenoxy) is 1. The van der Waals surface area contributed by atoms with E-state index in [2.05, 4.69) is 15.6 Å². The van der Waals surface area contributed by atoms with Crippen LogP contribution in [-0.4, -0.2) is 37.2 Å². The van der Waals surface area contributed by atoms with Gasteiger partial charge in [-0.25, -0.2) is 0 Å². The molecule has 2 N–H and O–H groups in total. The van der Waals surface area contributed by atoms with Crippen LogP contribution in [0.2, 0.25) is 0 Å². The number of carbonyl (C=O) groups excluding carboxylic acids is 1. The maximum Gasteiger partial charge on any atom is 0.225 e. The van der Waals surface area contributed by atoms with Crippen molar-refractivity contribution in [3.05, 3.63) is 30.1 Å². The first kappa shape index (κ1) is 14.0. The van der Waals surface area contributed by atoms with Crippen LogP contribution < -0.4 is 10.6 Å². The molecule has 2 heterocycles. The topological polar surface area (TPSA) is 63.2 Å². The minimum Gasteiger partial charge on any atom is -0.381 e. The van der Waals surface area contributed by atoms with Crippen molar-refractivity contribution in [3.8, 4) is 0 Å². The summed E-state index contributed by atoms with van der Waals surface area (Å²) >= 11 is 0. The Labute approximate surface area is 113 Å². The van der Waals surface area contributed by atoms with Gasteiger partial charge in [-0.1, -0.05) is 6.07 Å². The van der Waals surface area contributed by atoms with E-state index in [-0.39, 0.29) is 11.8 Å². The molecular weight excluding hydrogens is 242 g/mol. The Balaban J connectivity index is 1.49. The van der Waals surface area contributed by atoms with Gasteiger partial charge in [0.2, 0.25) is 5.91 Å². The molecule has 104 valence electrons. The molecular formula is C14H21N3O2. The maximum atomic E-state index is 11.7. The van der Waals surface area contributed by atoms with Gasteiger partial charge in [0.15, 0.2) is 0 Å². The van der Waals surface area contributed by atoms with Crippen molar-refractivity contribution in [3.63, 3.8) is 0 Å². The Morgan fingerprint density at radius 3 is 3.16 bits per heavy atom. The molecule has 1 amide bonds. The SMILES string of the molecule is O=C(NCCCNCc1cccnc1)C1CCOC1. The van der Waals surface area contributed by atoms with Crippen LogP contribution in [0.15, 0.2) is 24.5 Å². The predicted octanol–water partition coefficient (Wildman–Crippen LogP) is 0.714. The van der Waals surface area contributed by atoms with Crippen LogP contribution >= 0.6 is 0 Å². The molecule has 1 aromatic heterocycles. The predicted molar refractivity (Wildman–Crippen MR) is 72.5 cm³/mol. The number of hydrogen-bond donors (Lipinski definition) is 2. The Hall–Kier alpha value is -1.46. The summed E-state index contributed by atoms with van der Waals surface area (Å²) in [7, 11) is 0. The molecule has 0 aliphatic carbocycles. The number of amides is 1. The average Bonchev–Trinajstić information content (AvgIpc) is 2.98. The molecule has 5 nitrogen and oxygen atoms in total.